The van der Waals surface area contributed by atoms with Crippen LogP contribution in [0.5, 0.6) is 0 Å². The van der Waals surface area contributed by atoms with Crippen molar-refractivity contribution in [1.82, 2.24) is 19.6 Å². The molecule has 0 N–H and O–H groups in total. The van der Waals surface area contributed by atoms with Gasteiger partial charge in [-0.25, -0.2) is 0 Å². The first kappa shape index (κ1) is 23.7. The highest BCUT2D eigenvalue weighted by Crippen LogP contribution is 2.68. The number of carbonyl (C=O) groups is 4. The molecule has 0 aromatic heterocycles. The number of carbonyl (C=O) groups excluding carboxylic acids is 4. The highest BCUT2D eigenvalue weighted by Gasteiger charge is 2.74. The van der Waals surface area contributed by atoms with Gasteiger partial charge in [-0.05, 0) is 49.9 Å². The highest BCUT2D eigenvalue weighted by molar-refractivity contribution is 6.09. The maximum absolute atomic E-state index is 13.4. The zero-order chi connectivity index (χ0) is 24.3. The molecular formula is C26H38N4O4. The molecule has 8 atom stereocenters. The van der Waals surface area contributed by atoms with Gasteiger partial charge in [0.2, 0.25) is 23.6 Å². The van der Waals surface area contributed by atoms with Gasteiger partial charge in [-0.15, -0.1) is 0 Å². The summed E-state index contributed by atoms with van der Waals surface area (Å²) in [5, 5.41) is 0. The summed E-state index contributed by atoms with van der Waals surface area (Å²) >= 11 is 0. The second-order valence-corrected chi connectivity index (χ2v) is 10.5. The minimum Gasteiger partial charge on any atom is -0.302 e. The molecule has 2 heterocycles. The second kappa shape index (κ2) is 8.86. The van der Waals surface area contributed by atoms with E-state index in [0.717, 1.165) is 26.2 Å². The van der Waals surface area contributed by atoms with Crippen molar-refractivity contribution in [2.45, 2.75) is 27.7 Å². The molecule has 4 amide bonds. The second-order valence-electron chi connectivity index (χ2n) is 10.5. The van der Waals surface area contributed by atoms with Gasteiger partial charge in [-0.3, -0.25) is 29.0 Å². The molecule has 4 fully saturated rings. The van der Waals surface area contributed by atoms with E-state index in [1.165, 1.54) is 9.80 Å². The maximum atomic E-state index is 13.4. The lowest BCUT2D eigenvalue weighted by Crippen LogP contribution is -2.63. The van der Waals surface area contributed by atoms with E-state index in [4.69, 9.17) is 0 Å². The predicted octanol–water partition coefficient (Wildman–Crippen LogP) is 0.934. The van der Waals surface area contributed by atoms with Crippen LogP contribution >= 0.6 is 0 Å². The van der Waals surface area contributed by atoms with Crippen molar-refractivity contribution >= 4 is 23.6 Å². The van der Waals surface area contributed by atoms with E-state index < -0.39 is 0 Å². The van der Waals surface area contributed by atoms with Crippen LogP contribution in [0.15, 0.2) is 12.2 Å². The van der Waals surface area contributed by atoms with E-state index in [2.05, 4.69) is 49.6 Å². The van der Waals surface area contributed by atoms with Crippen molar-refractivity contribution in [1.29, 1.82) is 0 Å². The molecule has 4 aliphatic carbocycles. The Morgan fingerprint density at radius 1 is 0.588 bits per heavy atom. The standard InChI is InChI=1S/C26H38N4O4/c1-5-27(6-2)11-13-29-23(31)19-15-9-10-16(20(19)24(29)32)18-17(15)21-22(18)26(34)30(25(21)33)14-12-28(7-3)8-4/h9-10,15-22H,5-8,11-14H2,1-4H3. The molecule has 0 spiro atoms. The van der Waals surface area contributed by atoms with Crippen LogP contribution in [-0.2, 0) is 19.2 Å². The van der Waals surface area contributed by atoms with E-state index in [1.54, 1.807) is 0 Å². The molecule has 0 aromatic carbocycles. The summed E-state index contributed by atoms with van der Waals surface area (Å²) in [7, 11) is 0. The first-order valence-corrected chi connectivity index (χ1v) is 13.2. The van der Waals surface area contributed by atoms with Crippen LogP contribution < -0.4 is 0 Å². The van der Waals surface area contributed by atoms with Gasteiger partial charge in [-0.1, -0.05) is 39.8 Å². The van der Waals surface area contributed by atoms with Gasteiger partial charge >= 0.3 is 0 Å². The van der Waals surface area contributed by atoms with Gasteiger partial charge in [0, 0.05) is 26.2 Å². The molecule has 6 aliphatic rings. The van der Waals surface area contributed by atoms with Crippen LogP contribution in [0.1, 0.15) is 27.7 Å². The van der Waals surface area contributed by atoms with Gasteiger partial charge in [-0.2, -0.15) is 0 Å². The highest BCUT2D eigenvalue weighted by atomic mass is 16.2. The third-order valence-electron chi connectivity index (χ3n) is 9.59. The molecule has 2 saturated heterocycles. The molecule has 6 rings (SSSR count). The molecular weight excluding hydrogens is 432 g/mol. The van der Waals surface area contributed by atoms with E-state index in [1.807, 2.05) is 0 Å². The monoisotopic (exact) mass is 470 g/mol. The Hall–Kier alpha value is -2.06. The Morgan fingerprint density at radius 3 is 1.24 bits per heavy atom. The number of fused-ring (bicyclic) bond motifs is 1. The van der Waals surface area contributed by atoms with Crippen LogP contribution in [0, 0.1) is 47.3 Å². The van der Waals surface area contributed by atoms with Crippen LogP contribution in [0.25, 0.3) is 0 Å². The summed E-state index contributed by atoms with van der Waals surface area (Å²) in [6, 6.07) is 0. The summed E-state index contributed by atoms with van der Waals surface area (Å²) in [5.74, 6) is -1.84. The summed E-state index contributed by atoms with van der Waals surface area (Å²) in [6.07, 6.45) is 4.16. The average molecular weight is 471 g/mol. The quantitative estimate of drug-likeness (QED) is 0.349. The number of nitrogens with zero attached hydrogens (tertiary/aromatic N) is 4. The van der Waals surface area contributed by atoms with E-state index >= 15 is 0 Å². The van der Waals surface area contributed by atoms with Crippen molar-refractivity contribution in [2.24, 2.45) is 47.3 Å². The summed E-state index contributed by atoms with van der Waals surface area (Å²) in [4.78, 5) is 60.9. The van der Waals surface area contributed by atoms with Crippen molar-refractivity contribution in [3.8, 4) is 0 Å². The van der Waals surface area contributed by atoms with Crippen molar-refractivity contribution in [3.63, 3.8) is 0 Å². The molecule has 2 bridgehead atoms. The SMILES string of the molecule is CCN(CC)CCN1C(=O)C2C3C=CC(C2C1=O)C1C2C(=O)N(CCN(CC)CC)C(=O)C2C31. The third kappa shape index (κ3) is 3.17. The molecule has 8 heteroatoms. The Bertz CT molecular complexity index is 854. The van der Waals surface area contributed by atoms with Gasteiger partial charge in [0.15, 0.2) is 0 Å². The fraction of sp³-hybridized carbons (Fsp3) is 0.769. The zero-order valence-corrected chi connectivity index (χ0v) is 20.9. The number of rotatable bonds is 10. The summed E-state index contributed by atoms with van der Waals surface area (Å²) in [6.45, 7) is 14.1. The van der Waals surface area contributed by atoms with Crippen molar-refractivity contribution in [3.05, 3.63) is 12.2 Å². The lowest BCUT2D eigenvalue weighted by atomic mass is 9.40. The normalized spacial score (nSPS) is 37.7. The Kier molecular flexibility index (Phi) is 6.17. The van der Waals surface area contributed by atoms with E-state index in [9.17, 15) is 19.2 Å². The van der Waals surface area contributed by atoms with Gasteiger partial charge in [0.25, 0.3) is 0 Å². The number of likely N-dealkylation sites (tertiary alicyclic amines) is 2. The number of imide groups is 2. The maximum Gasteiger partial charge on any atom is 0.233 e. The van der Waals surface area contributed by atoms with E-state index in [0.29, 0.717) is 26.2 Å². The minimum absolute atomic E-state index is 0.00985. The number of amides is 4. The first-order valence-electron chi connectivity index (χ1n) is 13.2. The Balaban J connectivity index is 1.34. The third-order valence-corrected chi connectivity index (χ3v) is 9.59. The smallest absolute Gasteiger partial charge is 0.233 e. The number of hydrogen-bond donors (Lipinski definition) is 0. The van der Waals surface area contributed by atoms with Crippen molar-refractivity contribution in [2.75, 3.05) is 52.4 Å². The topological polar surface area (TPSA) is 81.2 Å². The molecule has 8 nitrogen and oxygen atoms in total. The van der Waals surface area contributed by atoms with Crippen molar-refractivity contribution < 1.29 is 19.2 Å². The fourth-order valence-corrected chi connectivity index (χ4v) is 7.73. The zero-order valence-electron chi connectivity index (χ0n) is 20.9. The minimum atomic E-state index is -0.367. The molecule has 2 aliphatic heterocycles. The van der Waals surface area contributed by atoms with Gasteiger partial charge < -0.3 is 9.80 Å². The van der Waals surface area contributed by atoms with Crippen LogP contribution in [-0.4, -0.2) is 95.6 Å². The molecule has 34 heavy (non-hydrogen) atoms. The van der Waals surface area contributed by atoms with Crippen LogP contribution in [0.2, 0.25) is 0 Å². The number of likely N-dealkylation sites (N-methyl/N-ethyl adjacent to an activating group) is 2. The molecule has 0 aromatic rings. The number of hydrogen-bond acceptors (Lipinski definition) is 6. The van der Waals surface area contributed by atoms with Gasteiger partial charge in [0.05, 0.1) is 23.7 Å². The lowest BCUT2D eigenvalue weighted by molar-refractivity contribution is -0.166. The Labute approximate surface area is 202 Å². The fourth-order valence-electron chi connectivity index (χ4n) is 7.73. The Morgan fingerprint density at radius 2 is 0.912 bits per heavy atom. The molecule has 186 valence electrons. The molecule has 0 radical (unpaired) electrons. The van der Waals surface area contributed by atoms with Gasteiger partial charge in [0.1, 0.15) is 0 Å². The lowest BCUT2D eigenvalue weighted by Gasteiger charge is -2.60. The summed E-state index contributed by atoms with van der Waals surface area (Å²) < 4.78 is 0. The van der Waals surface area contributed by atoms with Crippen LogP contribution in [0.3, 0.4) is 0 Å². The molecule has 8 unspecified atom stereocenters. The predicted molar refractivity (Wildman–Crippen MR) is 126 cm³/mol. The number of allylic oxidation sites excluding steroid dienone is 2. The largest absolute Gasteiger partial charge is 0.302 e. The average Bonchev–Trinajstić information content (AvgIpc) is 3.20. The van der Waals surface area contributed by atoms with Crippen LogP contribution in [0.4, 0.5) is 0 Å². The summed E-state index contributed by atoms with van der Waals surface area (Å²) in [5.41, 5.74) is 0. The first-order chi connectivity index (χ1) is 16.4. The molecule has 2 saturated carbocycles. The van der Waals surface area contributed by atoms with E-state index in [-0.39, 0.29) is 71.0 Å².